The Kier molecular flexibility index (Phi) is 3.77. The molecule has 1 N–H and O–H groups in total. The van der Waals surface area contributed by atoms with Gasteiger partial charge in [-0.2, -0.15) is 0 Å². The van der Waals surface area contributed by atoms with Crippen LogP contribution in [0.25, 0.3) is 0 Å². The van der Waals surface area contributed by atoms with Gasteiger partial charge in [0, 0.05) is 30.6 Å². The van der Waals surface area contributed by atoms with Gasteiger partial charge in [-0.05, 0) is 25.0 Å². The second-order valence-corrected chi connectivity index (χ2v) is 6.96. The lowest BCUT2D eigenvalue weighted by atomic mass is 9.78. The summed E-state index contributed by atoms with van der Waals surface area (Å²) in [6.45, 7) is 10.7. The maximum absolute atomic E-state index is 4.48. The molecule has 0 aliphatic carbocycles. The summed E-state index contributed by atoms with van der Waals surface area (Å²) in [5, 5.41) is 3.35. The fraction of sp³-hybridized carbons (Fsp3) is 0.444. The van der Waals surface area contributed by atoms with Crippen LogP contribution in [0.15, 0.2) is 36.7 Å². The summed E-state index contributed by atoms with van der Waals surface area (Å²) in [6.07, 6.45) is 1.65. The van der Waals surface area contributed by atoms with Crippen LogP contribution in [0.2, 0.25) is 0 Å². The molecule has 0 fully saturated rings. The first-order valence-electron chi connectivity index (χ1n) is 7.87. The number of hydrogen-bond acceptors (Lipinski definition) is 4. The molecule has 4 heteroatoms. The SMILES string of the molecule is CC(C)Nc1cc(N2Cc3ccccc3C(C)(C)C2)ncn1. The van der Waals surface area contributed by atoms with Crippen LogP contribution in [0.4, 0.5) is 11.6 Å². The summed E-state index contributed by atoms with van der Waals surface area (Å²) in [5.74, 6) is 1.87. The van der Waals surface area contributed by atoms with Gasteiger partial charge >= 0.3 is 0 Å². The molecule has 4 nitrogen and oxygen atoms in total. The molecule has 3 rings (SSSR count). The van der Waals surface area contributed by atoms with Gasteiger partial charge in [-0.1, -0.05) is 38.1 Å². The third-order valence-corrected chi connectivity index (χ3v) is 4.11. The molecule has 1 aliphatic heterocycles. The smallest absolute Gasteiger partial charge is 0.134 e. The third-order valence-electron chi connectivity index (χ3n) is 4.11. The lowest BCUT2D eigenvalue weighted by Gasteiger charge is -2.40. The number of fused-ring (bicyclic) bond motifs is 1. The fourth-order valence-corrected chi connectivity index (χ4v) is 3.20. The van der Waals surface area contributed by atoms with Gasteiger partial charge < -0.3 is 10.2 Å². The number of benzene rings is 1. The minimum Gasteiger partial charge on any atom is -0.368 e. The minimum atomic E-state index is 0.117. The summed E-state index contributed by atoms with van der Waals surface area (Å²) >= 11 is 0. The zero-order valence-electron chi connectivity index (χ0n) is 13.8. The minimum absolute atomic E-state index is 0.117. The predicted octanol–water partition coefficient (Wildman–Crippen LogP) is 3.59. The molecule has 22 heavy (non-hydrogen) atoms. The number of hydrogen-bond donors (Lipinski definition) is 1. The topological polar surface area (TPSA) is 41.0 Å². The number of aromatic nitrogens is 2. The van der Waals surface area contributed by atoms with Crippen LogP contribution in [-0.2, 0) is 12.0 Å². The number of nitrogens with one attached hydrogen (secondary N) is 1. The molecular formula is C18H24N4. The lowest BCUT2D eigenvalue weighted by Crippen LogP contribution is -2.42. The Labute approximate surface area is 132 Å². The largest absolute Gasteiger partial charge is 0.368 e. The van der Waals surface area contributed by atoms with Gasteiger partial charge in [0.15, 0.2) is 0 Å². The van der Waals surface area contributed by atoms with Crippen LogP contribution < -0.4 is 10.2 Å². The van der Waals surface area contributed by atoms with E-state index < -0.39 is 0 Å². The lowest BCUT2D eigenvalue weighted by molar-refractivity contribution is 0.474. The first kappa shape index (κ1) is 14.8. The molecule has 1 aliphatic rings. The van der Waals surface area contributed by atoms with Crippen molar-refractivity contribution < 1.29 is 0 Å². The van der Waals surface area contributed by atoms with Crippen LogP contribution in [0, 0.1) is 0 Å². The second kappa shape index (κ2) is 5.59. The normalized spacial score (nSPS) is 16.5. The van der Waals surface area contributed by atoms with E-state index in [4.69, 9.17) is 0 Å². The van der Waals surface area contributed by atoms with Crippen LogP contribution in [0.5, 0.6) is 0 Å². The Morgan fingerprint density at radius 1 is 1.18 bits per heavy atom. The van der Waals surface area contributed by atoms with Crippen molar-refractivity contribution in [3.05, 3.63) is 47.8 Å². The summed E-state index contributed by atoms with van der Waals surface area (Å²) in [4.78, 5) is 11.1. The Morgan fingerprint density at radius 2 is 1.95 bits per heavy atom. The average Bonchev–Trinajstić information content (AvgIpc) is 2.46. The van der Waals surface area contributed by atoms with Gasteiger partial charge in [0.25, 0.3) is 0 Å². The molecule has 1 aromatic heterocycles. The van der Waals surface area contributed by atoms with Crippen LogP contribution in [0.3, 0.4) is 0 Å². The number of anilines is 2. The maximum Gasteiger partial charge on any atom is 0.134 e. The first-order valence-corrected chi connectivity index (χ1v) is 7.87. The molecule has 1 aromatic carbocycles. The highest BCUT2D eigenvalue weighted by atomic mass is 15.2. The van der Waals surface area contributed by atoms with Gasteiger partial charge in [0.05, 0.1) is 0 Å². The standard InChI is InChI=1S/C18H24N4/c1-13(2)21-16-9-17(20-12-19-16)22-10-14-7-5-6-8-15(14)18(3,4)11-22/h5-9,12-13H,10-11H2,1-4H3,(H,19,20,21). The zero-order valence-corrected chi connectivity index (χ0v) is 13.8. The van der Waals surface area contributed by atoms with E-state index in [-0.39, 0.29) is 5.41 Å². The van der Waals surface area contributed by atoms with Gasteiger partial charge in [-0.15, -0.1) is 0 Å². The van der Waals surface area contributed by atoms with E-state index >= 15 is 0 Å². The number of rotatable bonds is 3. The molecule has 0 radical (unpaired) electrons. The van der Waals surface area contributed by atoms with Gasteiger partial charge in [0.2, 0.25) is 0 Å². The van der Waals surface area contributed by atoms with E-state index in [0.717, 1.165) is 24.7 Å². The molecule has 0 amide bonds. The highest BCUT2D eigenvalue weighted by Crippen LogP contribution is 2.35. The Hall–Kier alpha value is -2.10. The average molecular weight is 296 g/mol. The molecule has 0 saturated carbocycles. The van der Waals surface area contributed by atoms with Crippen LogP contribution >= 0.6 is 0 Å². The fourth-order valence-electron chi connectivity index (χ4n) is 3.20. The third kappa shape index (κ3) is 2.91. The summed E-state index contributed by atoms with van der Waals surface area (Å²) in [7, 11) is 0. The maximum atomic E-state index is 4.48. The van der Waals surface area contributed by atoms with Crippen molar-refractivity contribution in [1.82, 2.24) is 9.97 Å². The van der Waals surface area contributed by atoms with Crippen molar-refractivity contribution in [3.63, 3.8) is 0 Å². The predicted molar refractivity (Wildman–Crippen MR) is 91.3 cm³/mol. The Bertz CT molecular complexity index is 664. The molecule has 0 atom stereocenters. The van der Waals surface area contributed by atoms with E-state index in [1.807, 2.05) is 6.07 Å². The van der Waals surface area contributed by atoms with Crippen molar-refractivity contribution in [2.24, 2.45) is 0 Å². The Morgan fingerprint density at radius 3 is 2.73 bits per heavy atom. The summed E-state index contributed by atoms with van der Waals surface area (Å²) < 4.78 is 0. The molecule has 0 bridgehead atoms. The first-order chi connectivity index (χ1) is 10.5. The van der Waals surface area contributed by atoms with Gasteiger partial charge in [0.1, 0.15) is 18.0 Å². The van der Waals surface area contributed by atoms with E-state index in [1.165, 1.54) is 11.1 Å². The summed E-state index contributed by atoms with van der Waals surface area (Å²) in [6, 6.07) is 11.1. The monoisotopic (exact) mass is 296 g/mol. The zero-order chi connectivity index (χ0) is 15.7. The van der Waals surface area contributed by atoms with Crippen molar-refractivity contribution in [2.75, 3.05) is 16.8 Å². The van der Waals surface area contributed by atoms with E-state index in [1.54, 1.807) is 6.33 Å². The molecule has 0 unspecified atom stereocenters. The summed E-state index contributed by atoms with van der Waals surface area (Å²) in [5.41, 5.74) is 2.95. The van der Waals surface area contributed by atoms with Crippen LogP contribution in [-0.4, -0.2) is 22.6 Å². The van der Waals surface area contributed by atoms with Crippen molar-refractivity contribution in [2.45, 2.75) is 45.7 Å². The Balaban J connectivity index is 1.91. The van der Waals surface area contributed by atoms with Gasteiger partial charge in [-0.3, -0.25) is 0 Å². The molecule has 0 spiro atoms. The molecule has 2 heterocycles. The van der Waals surface area contributed by atoms with Crippen LogP contribution in [0.1, 0.15) is 38.8 Å². The molecular weight excluding hydrogens is 272 g/mol. The highest BCUT2D eigenvalue weighted by molar-refractivity contribution is 5.52. The van der Waals surface area contributed by atoms with Crippen molar-refractivity contribution in [1.29, 1.82) is 0 Å². The quantitative estimate of drug-likeness (QED) is 0.939. The van der Waals surface area contributed by atoms with Gasteiger partial charge in [-0.25, -0.2) is 9.97 Å². The second-order valence-electron chi connectivity index (χ2n) is 6.96. The molecule has 2 aromatic rings. The number of nitrogens with zero attached hydrogens (tertiary/aromatic N) is 3. The van der Waals surface area contributed by atoms with E-state index in [2.05, 4.69) is 72.1 Å². The molecule has 116 valence electrons. The van der Waals surface area contributed by atoms with Crippen molar-refractivity contribution >= 4 is 11.6 Å². The van der Waals surface area contributed by atoms with E-state index in [0.29, 0.717) is 6.04 Å². The highest BCUT2D eigenvalue weighted by Gasteiger charge is 2.32. The van der Waals surface area contributed by atoms with Crippen molar-refractivity contribution in [3.8, 4) is 0 Å². The molecule has 0 saturated heterocycles. The van der Waals surface area contributed by atoms with E-state index in [9.17, 15) is 0 Å².